The molecule has 0 saturated heterocycles. The van der Waals surface area contributed by atoms with E-state index in [4.69, 9.17) is 4.74 Å². The number of nitrogens with zero attached hydrogens (tertiary/aromatic N) is 5. The number of esters is 1. The standard InChI is InChI=1S/C18H16N6O5/c1-22-14-13(16(26)23(2)18(22)28)24(9-19-14)7-8-29-17(27)12-10-5-3-4-6-11(10)15(25)21-20-12/h3-6,9H,7-8H2,1-2H3,(H,21,25). The van der Waals surface area contributed by atoms with E-state index in [0.29, 0.717) is 10.8 Å². The molecule has 4 aromatic rings. The Morgan fingerprint density at radius 1 is 1.10 bits per heavy atom. The van der Waals surface area contributed by atoms with E-state index >= 15 is 0 Å². The highest BCUT2D eigenvalue weighted by molar-refractivity contribution is 6.01. The molecule has 0 aliphatic rings. The van der Waals surface area contributed by atoms with Crippen molar-refractivity contribution in [3.05, 3.63) is 67.5 Å². The van der Waals surface area contributed by atoms with Crippen LogP contribution in [-0.4, -0.2) is 41.5 Å². The molecule has 0 amide bonds. The zero-order chi connectivity index (χ0) is 20.7. The van der Waals surface area contributed by atoms with Crippen molar-refractivity contribution in [1.29, 1.82) is 0 Å². The monoisotopic (exact) mass is 396 g/mol. The first-order valence-corrected chi connectivity index (χ1v) is 8.65. The van der Waals surface area contributed by atoms with Gasteiger partial charge in [-0.1, -0.05) is 18.2 Å². The Balaban J connectivity index is 1.58. The fourth-order valence-corrected chi connectivity index (χ4v) is 3.14. The number of ether oxygens (including phenoxy) is 1. The summed E-state index contributed by atoms with van der Waals surface area (Å²) in [6, 6.07) is 6.58. The third-order valence-electron chi connectivity index (χ3n) is 4.67. The van der Waals surface area contributed by atoms with Crippen LogP contribution in [0.1, 0.15) is 10.5 Å². The number of rotatable bonds is 4. The molecule has 0 atom stereocenters. The summed E-state index contributed by atoms with van der Waals surface area (Å²) in [6.45, 7) is 0.0857. The van der Waals surface area contributed by atoms with Gasteiger partial charge in [0, 0.05) is 19.5 Å². The zero-order valence-corrected chi connectivity index (χ0v) is 15.6. The van der Waals surface area contributed by atoms with Crippen molar-refractivity contribution >= 4 is 27.9 Å². The summed E-state index contributed by atoms with van der Waals surface area (Å²) in [7, 11) is 2.91. The van der Waals surface area contributed by atoms with Gasteiger partial charge in [0.15, 0.2) is 16.9 Å². The third kappa shape index (κ3) is 2.92. The molecule has 3 aromatic heterocycles. The number of aryl methyl sites for hydroxylation is 1. The van der Waals surface area contributed by atoms with Gasteiger partial charge in [0.05, 0.1) is 18.3 Å². The number of hydrogen-bond donors (Lipinski definition) is 1. The van der Waals surface area contributed by atoms with Gasteiger partial charge in [-0.2, -0.15) is 5.10 Å². The molecule has 0 radical (unpaired) electrons. The van der Waals surface area contributed by atoms with Crippen molar-refractivity contribution in [2.45, 2.75) is 6.54 Å². The maximum atomic E-state index is 12.4. The van der Waals surface area contributed by atoms with E-state index in [-0.39, 0.29) is 30.0 Å². The fraction of sp³-hybridized carbons (Fsp3) is 0.222. The Morgan fingerprint density at radius 2 is 1.83 bits per heavy atom. The highest BCUT2D eigenvalue weighted by Crippen LogP contribution is 2.13. The van der Waals surface area contributed by atoms with Crippen molar-refractivity contribution in [2.24, 2.45) is 14.1 Å². The van der Waals surface area contributed by atoms with E-state index in [1.807, 2.05) is 0 Å². The van der Waals surface area contributed by atoms with Gasteiger partial charge >= 0.3 is 11.7 Å². The molecule has 0 aliphatic carbocycles. The van der Waals surface area contributed by atoms with Crippen molar-refractivity contribution in [2.75, 3.05) is 6.61 Å². The molecule has 29 heavy (non-hydrogen) atoms. The number of fused-ring (bicyclic) bond motifs is 2. The molecule has 0 fully saturated rings. The summed E-state index contributed by atoms with van der Waals surface area (Å²) in [6.07, 6.45) is 1.41. The van der Waals surface area contributed by atoms with E-state index in [9.17, 15) is 19.2 Å². The molecule has 0 unspecified atom stereocenters. The summed E-state index contributed by atoms with van der Waals surface area (Å²) in [4.78, 5) is 52.8. The van der Waals surface area contributed by atoms with Crippen LogP contribution in [0.4, 0.5) is 0 Å². The summed E-state index contributed by atoms with van der Waals surface area (Å²) in [5.74, 6) is -0.706. The quantitative estimate of drug-likeness (QED) is 0.461. The fourth-order valence-electron chi connectivity index (χ4n) is 3.14. The van der Waals surface area contributed by atoms with Crippen molar-refractivity contribution in [1.82, 2.24) is 28.9 Å². The van der Waals surface area contributed by atoms with Crippen LogP contribution in [0.3, 0.4) is 0 Å². The predicted molar refractivity (Wildman–Crippen MR) is 103 cm³/mol. The highest BCUT2D eigenvalue weighted by atomic mass is 16.5. The number of nitrogens with one attached hydrogen (secondary N) is 1. The summed E-state index contributed by atoms with van der Waals surface area (Å²) in [5, 5.41) is 6.80. The van der Waals surface area contributed by atoms with Crippen LogP contribution in [0, 0.1) is 0 Å². The van der Waals surface area contributed by atoms with Gasteiger partial charge in [-0.05, 0) is 6.07 Å². The average Bonchev–Trinajstić information content (AvgIpc) is 3.15. The minimum absolute atomic E-state index is 0.00556. The maximum Gasteiger partial charge on any atom is 0.359 e. The number of hydrogen-bond acceptors (Lipinski definition) is 7. The number of aromatic nitrogens is 6. The van der Waals surface area contributed by atoms with E-state index < -0.39 is 22.8 Å². The molecular formula is C18H16N6O5. The van der Waals surface area contributed by atoms with Crippen LogP contribution in [0.2, 0.25) is 0 Å². The lowest BCUT2D eigenvalue weighted by Crippen LogP contribution is -2.37. The van der Waals surface area contributed by atoms with Crippen LogP contribution in [0.5, 0.6) is 0 Å². The Morgan fingerprint density at radius 3 is 2.59 bits per heavy atom. The Labute approximate surface area is 161 Å². The van der Waals surface area contributed by atoms with Crippen molar-refractivity contribution in [3.8, 4) is 0 Å². The minimum Gasteiger partial charge on any atom is -0.459 e. The lowest BCUT2D eigenvalue weighted by Gasteiger charge is -2.08. The lowest BCUT2D eigenvalue weighted by molar-refractivity contribution is 0.0486. The molecule has 11 heteroatoms. The number of carbonyl (C=O) groups excluding carboxylic acids is 1. The molecule has 0 aliphatic heterocycles. The number of aromatic amines is 1. The van der Waals surface area contributed by atoms with Crippen LogP contribution in [0.15, 0.2) is 45.0 Å². The Kier molecular flexibility index (Phi) is 4.34. The van der Waals surface area contributed by atoms with Gasteiger partial charge in [0.25, 0.3) is 11.1 Å². The number of benzene rings is 1. The molecule has 1 N–H and O–H groups in total. The molecule has 3 heterocycles. The molecule has 1 aromatic carbocycles. The zero-order valence-electron chi connectivity index (χ0n) is 15.6. The van der Waals surface area contributed by atoms with Crippen LogP contribution in [0.25, 0.3) is 21.9 Å². The number of imidazole rings is 1. The summed E-state index contributed by atoms with van der Waals surface area (Å²) < 4.78 is 9.05. The SMILES string of the molecule is Cn1c(=O)c2c(ncn2CCOC(=O)c2n[nH]c(=O)c3ccccc23)n(C)c1=O. The molecule has 148 valence electrons. The van der Waals surface area contributed by atoms with E-state index in [1.165, 1.54) is 29.6 Å². The summed E-state index contributed by atoms with van der Waals surface area (Å²) in [5.41, 5.74) is -0.885. The molecule has 11 nitrogen and oxygen atoms in total. The lowest BCUT2D eigenvalue weighted by atomic mass is 10.1. The van der Waals surface area contributed by atoms with Crippen LogP contribution < -0.4 is 16.8 Å². The second kappa shape index (κ2) is 6.86. The largest absolute Gasteiger partial charge is 0.459 e. The third-order valence-corrected chi connectivity index (χ3v) is 4.67. The molecular weight excluding hydrogens is 380 g/mol. The first-order chi connectivity index (χ1) is 13.9. The average molecular weight is 396 g/mol. The number of H-pyrrole nitrogens is 1. The van der Waals surface area contributed by atoms with Gasteiger partial charge in [-0.25, -0.2) is 19.7 Å². The van der Waals surface area contributed by atoms with Crippen molar-refractivity contribution in [3.63, 3.8) is 0 Å². The highest BCUT2D eigenvalue weighted by Gasteiger charge is 2.17. The van der Waals surface area contributed by atoms with Gasteiger partial charge in [-0.3, -0.25) is 18.7 Å². The van der Waals surface area contributed by atoms with E-state index in [1.54, 1.807) is 24.3 Å². The first-order valence-electron chi connectivity index (χ1n) is 8.65. The predicted octanol–water partition coefficient (Wildman–Crippen LogP) is -0.473. The van der Waals surface area contributed by atoms with Crippen molar-refractivity contribution < 1.29 is 9.53 Å². The van der Waals surface area contributed by atoms with Crippen LogP contribution >= 0.6 is 0 Å². The first kappa shape index (κ1) is 18.3. The Bertz CT molecular complexity index is 1440. The van der Waals surface area contributed by atoms with E-state index in [0.717, 1.165) is 4.57 Å². The Hall–Kier alpha value is -4.02. The van der Waals surface area contributed by atoms with Gasteiger partial charge in [0.1, 0.15) is 6.61 Å². The van der Waals surface area contributed by atoms with E-state index in [2.05, 4.69) is 15.2 Å². The molecule has 0 spiro atoms. The number of carbonyl (C=O) groups is 1. The van der Waals surface area contributed by atoms with Gasteiger partial charge in [0.2, 0.25) is 0 Å². The second-order valence-corrected chi connectivity index (χ2v) is 6.40. The molecule has 0 bridgehead atoms. The van der Waals surface area contributed by atoms with Gasteiger partial charge in [-0.15, -0.1) is 0 Å². The molecule has 4 rings (SSSR count). The maximum absolute atomic E-state index is 12.4. The minimum atomic E-state index is -0.706. The second-order valence-electron chi connectivity index (χ2n) is 6.40. The van der Waals surface area contributed by atoms with Gasteiger partial charge < -0.3 is 9.30 Å². The van der Waals surface area contributed by atoms with Crippen LogP contribution in [-0.2, 0) is 25.4 Å². The molecule has 0 saturated carbocycles. The topological polar surface area (TPSA) is 134 Å². The summed E-state index contributed by atoms with van der Waals surface area (Å²) >= 11 is 0. The normalized spacial score (nSPS) is 11.2. The smallest absolute Gasteiger partial charge is 0.359 e.